The van der Waals surface area contributed by atoms with Crippen molar-refractivity contribution < 1.29 is 22.7 Å². The number of halogens is 3. The average molecular weight is 330 g/mol. The number of hydrogen-bond donors (Lipinski definition) is 2. The van der Waals surface area contributed by atoms with Crippen LogP contribution in [-0.4, -0.2) is 37.9 Å². The van der Waals surface area contributed by atoms with Crippen LogP contribution in [0.4, 0.5) is 13.2 Å². The SMILES string of the molecule is O=C(CNC(c1ccccc1)C(F)(F)F)NCCC1CCCO1. The summed E-state index contributed by atoms with van der Waals surface area (Å²) in [5.74, 6) is -0.451. The van der Waals surface area contributed by atoms with Crippen molar-refractivity contribution in [2.75, 3.05) is 19.7 Å². The molecule has 0 spiro atoms. The molecule has 2 atom stereocenters. The Labute approximate surface area is 133 Å². The Balaban J connectivity index is 1.77. The number of carbonyl (C=O) groups is 1. The lowest BCUT2D eigenvalue weighted by Crippen LogP contribution is -2.41. The van der Waals surface area contributed by atoms with Gasteiger partial charge in [-0.15, -0.1) is 0 Å². The summed E-state index contributed by atoms with van der Waals surface area (Å²) < 4.78 is 44.7. The smallest absolute Gasteiger partial charge is 0.378 e. The molecule has 1 saturated heterocycles. The van der Waals surface area contributed by atoms with Crippen LogP contribution in [0.3, 0.4) is 0 Å². The number of nitrogens with one attached hydrogen (secondary N) is 2. The zero-order chi connectivity index (χ0) is 16.7. The standard InChI is InChI=1S/C16H21F3N2O2/c17-16(18,19)15(12-5-2-1-3-6-12)21-11-14(22)20-9-8-13-7-4-10-23-13/h1-3,5-6,13,15,21H,4,7-11H2,(H,20,22). The summed E-state index contributed by atoms with van der Waals surface area (Å²) in [7, 11) is 0. The lowest BCUT2D eigenvalue weighted by molar-refractivity contribution is -0.158. The fourth-order valence-corrected chi connectivity index (χ4v) is 2.57. The minimum absolute atomic E-state index is 0.0900. The largest absolute Gasteiger partial charge is 0.407 e. The van der Waals surface area contributed by atoms with Crippen molar-refractivity contribution in [3.8, 4) is 0 Å². The Kier molecular flexibility index (Phi) is 6.41. The number of ether oxygens (including phenoxy) is 1. The van der Waals surface area contributed by atoms with Crippen molar-refractivity contribution in [1.82, 2.24) is 10.6 Å². The van der Waals surface area contributed by atoms with Gasteiger partial charge in [-0.3, -0.25) is 10.1 Å². The third-order valence-corrected chi connectivity index (χ3v) is 3.74. The van der Waals surface area contributed by atoms with Gasteiger partial charge in [-0.1, -0.05) is 30.3 Å². The molecule has 128 valence electrons. The van der Waals surface area contributed by atoms with Crippen LogP contribution < -0.4 is 10.6 Å². The van der Waals surface area contributed by atoms with Crippen LogP contribution in [0.25, 0.3) is 0 Å². The minimum atomic E-state index is -4.46. The molecular weight excluding hydrogens is 309 g/mol. The Bertz CT molecular complexity index is 488. The molecule has 1 fully saturated rings. The van der Waals surface area contributed by atoms with Crippen molar-refractivity contribution in [2.24, 2.45) is 0 Å². The summed E-state index contributed by atoms with van der Waals surface area (Å²) in [6.45, 7) is 0.766. The number of hydrogen-bond acceptors (Lipinski definition) is 3. The van der Waals surface area contributed by atoms with E-state index in [9.17, 15) is 18.0 Å². The highest BCUT2D eigenvalue weighted by Gasteiger charge is 2.40. The van der Waals surface area contributed by atoms with Gasteiger partial charge >= 0.3 is 6.18 Å². The minimum Gasteiger partial charge on any atom is -0.378 e. The van der Waals surface area contributed by atoms with E-state index in [1.807, 2.05) is 0 Å². The van der Waals surface area contributed by atoms with Gasteiger partial charge in [-0.2, -0.15) is 13.2 Å². The van der Waals surface area contributed by atoms with Gasteiger partial charge in [0.1, 0.15) is 6.04 Å². The van der Waals surface area contributed by atoms with Crippen LogP contribution >= 0.6 is 0 Å². The van der Waals surface area contributed by atoms with E-state index in [1.54, 1.807) is 6.07 Å². The maximum absolute atomic E-state index is 13.1. The van der Waals surface area contributed by atoms with Crippen LogP contribution in [0.15, 0.2) is 30.3 Å². The fraction of sp³-hybridized carbons (Fsp3) is 0.562. The number of amides is 1. The van der Waals surface area contributed by atoms with E-state index in [-0.39, 0.29) is 18.2 Å². The highest BCUT2D eigenvalue weighted by Crippen LogP contribution is 2.32. The highest BCUT2D eigenvalue weighted by molar-refractivity contribution is 5.78. The van der Waals surface area contributed by atoms with E-state index in [0.29, 0.717) is 13.0 Å². The normalized spacial score (nSPS) is 19.5. The van der Waals surface area contributed by atoms with Gasteiger partial charge in [-0.25, -0.2) is 0 Å². The first kappa shape index (κ1) is 17.7. The molecular formula is C16H21F3N2O2. The van der Waals surface area contributed by atoms with Crippen LogP contribution in [0, 0.1) is 0 Å². The van der Waals surface area contributed by atoms with E-state index in [4.69, 9.17) is 4.74 Å². The van der Waals surface area contributed by atoms with Crippen molar-refractivity contribution in [1.29, 1.82) is 0 Å². The summed E-state index contributed by atoms with van der Waals surface area (Å²) in [5.41, 5.74) is 0.0900. The van der Waals surface area contributed by atoms with Gasteiger partial charge in [-0.05, 0) is 24.8 Å². The van der Waals surface area contributed by atoms with Crippen molar-refractivity contribution in [3.05, 3.63) is 35.9 Å². The van der Waals surface area contributed by atoms with E-state index < -0.39 is 18.1 Å². The van der Waals surface area contributed by atoms with Crippen LogP contribution in [0.5, 0.6) is 0 Å². The van der Waals surface area contributed by atoms with E-state index >= 15 is 0 Å². The fourth-order valence-electron chi connectivity index (χ4n) is 2.57. The molecule has 1 heterocycles. The van der Waals surface area contributed by atoms with Crippen LogP contribution in [-0.2, 0) is 9.53 Å². The molecule has 7 heteroatoms. The highest BCUT2D eigenvalue weighted by atomic mass is 19.4. The molecule has 1 aromatic carbocycles. The first-order valence-electron chi connectivity index (χ1n) is 7.70. The molecule has 2 rings (SSSR count). The predicted octanol–water partition coefficient (Wildman–Crippen LogP) is 2.56. The number of benzene rings is 1. The summed E-state index contributed by atoms with van der Waals surface area (Å²) in [6.07, 6.45) is -1.63. The summed E-state index contributed by atoms with van der Waals surface area (Å²) in [5, 5.41) is 4.90. The number of alkyl halides is 3. The van der Waals surface area contributed by atoms with Gasteiger partial charge in [0.2, 0.25) is 5.91 Å². The molecule has 1 aromatic rings. The molecule has 1 aliphatic rings. The van der Waals surface area contributed by atoms with E-state index in [1.165, 1.54) is 24.3 Å². The molecule has 0 aliphatic carbocycles. The average Bonchev–Trinajstić information content (AvgIpc) is 3.00. The Morgan fingerprint density at radius 1 is 1.30 bits per heavy atom. The third kappa shape index (κ3) is 5.84. The summed E-state index contributed by atoms with van der Waals surface area (Å²) in [4.78, 5) is 11.7. The maximum atomic E-state index is 13.1. The zero-order valence-electron chi connectivity index (χ0n) is 12.7. The van der Waals surface area contributed by atoms with Crippen LogP contribution in [0.2, 0.25) is 0 Å². The molecule has 0 saturated carbocycles. The van der Waals surface area contributed by atoms with Crippen LogP contribution in [0.1, 0.15) is 30.9 Å². The number of rotatable bonds is 7. The van der Waals surface area contributed by atoms with Gasteiger partial charge < -0.3 is 10.1 Å². The lowest BCUT2D eigenvalue weighted by Gasteiger charge is -2.22. The molecule has 0 aromatic heterocycles. The first-order valence-corrected chi connectivity index (χ1v) is 7.70. The topological polar surface area (TPSA) is 50.4 Å². The Morgan fingerprint density at radius 2 is 2.04 bits per heavy atom. The quantitative estimate of drug-likeness (QED) is 0.808. The van der Waals surface area contributed by atoms with Crippen molar-refractivity contribution in [3.63, 3.8) is 0 Å². The van der Waals surface area contributed by atoms with Crippen molar-refractivity contribution in [2.45, 2.75) is 37.6 Å². The predicted molar refractivity (Wildman–Crippen MR) is 79.8 cm³/mol. The maximum Gasteiger partial charge on any atom is 0.407 e. The molecule has 0 radical (unpaired) electrons. The second kappa shape index (κ2) is 8.31. The number of carbonyl (C=O) groups excluding carboxylic acids is 1. The molecule has 1 amide bonds. The molecule has 4 nitrogen and oxygen atoms in total. The molecule has 0 bridgehead atoms. The van der Waals surface area contributed by atoms with Gasteiger partial charge in [0.05, 0.1) is 12.6 Å². The lowest BCUT2D eigenvalue weighted by atomic mass is 10.1. The molecule has 23 heavy (non-hydrogen) atoms. The van der Waals surface area contributed by atoms with Gasteiger partial charge in [0.15, 0.2) is 0 Å². The van der Waals surface area contributed by atoms with Crippen molar-refractivity contribution >= 4 is 5.91 Å². The second-order valence-corrected chi connectivity index (χ2v) is 5.54. The zero-order valence-corrected chi connectivity index (χ0v) is 12.7. The summed E-state index contributed by atoms with van der Waals surface area (Å²) >= 11 is 0. The molecule has 2 unspecified atom stereocenters. The second-order valence-electron chi connectivity index (χ2n) is 5.54. The van der Waals surface area contributed by atoms with Gasteiger partial charge in [0.25, 0.3) is 0 Å². The van der Waals surface area contributed by atoms with E-state index in [0.717, 1.165) is 19.4 Å². The first-order chi connectivity index (χ1) is 11.0. The van der Waals surface area contributed by atoms with Gasteiger partial charge in [0, 0.05) is 13.2 Å². The van der Waals surface area contributed by atoms with E-state index in [2.05, 4.69) is 10.6 Å². The summed E-state index contributed by atoms with van der Waals surface area (Å²) in [6, 6.07) is 5.65. The third-order valence-electron chi connectivity index (χ3n) is 3.74. The molecule has 2 N–H and O–H groups in total. The Hall–Kier alpha value is -1.60. The molecule has 1 aliphatic heterocycles. The Morgan fingerprint density at radius 3 is 2.65 bits per heavy atom. The monoisotopic (exact) mass is 330 g/mol.